The molecule has 5 nitrogen and oxygen atoms in total. The Bertz CT molecular complexity index is 346. The largest absolute Gasteiger partial charge is 0.381 e. The lowest BCUT2D eigenvalue weighted by Gasteiger charge is -2.31. The molecule has 0 aromatic rings. The molecule has 0 amide bonds. The van der Waals surface area contributed by atoms with Gasteiger partial charge in [0.15, 0.2) is 0 Å². The molecule has 2 aliphatic rings. The van der Waals surface area contributed by atoms with Crippen LogP contribution in [0.2, 0.25) is 0 Å². The second-order valence-corrected chi connectivity index (χ2v) is 7.65. The molecule has 0 unspecified atom stereocenters. The highest BCUT2D eigenvalue weighted by molar-refractivity contribution is 7.89. The van der Waals surface area contributed by atoms with Crippen LogP contribution in [-0.2, 0) is 14.8 Å². The molecule has 2 aliphatic heterocycles. The van der Waals surface area contributed by atoms with Crippen molar-refractivity contribution in [2.24, 2.45) is 5.92 Å². The van der Waals surface area contributed by atoms with Gasteiger partial charge in [0.05, 0.1) is 5.25 Å². The Labute approximate surface area is 110 Å². The molecule has 2 rings (SSSR count). The van der Waals surface area contributed by atoms with Crippen molar-refractivity contribution in [1.82, 2.24) is 9.62 Å². The molecule has 0 aromatic heterocycles. The van der Waals surface area contributed by atoms with Gasteiger partial charge in [-0.2, -0.15) is 0 Å². The molecule has 0 spiro atoms. The lowest BCUT2D eigenvalue weighted by Crippen LogP contribution is -2.43. The van der Waals surface area contributed by atoms with Crippen LogP contribution in [0.3, 0.4) is 0 Å². The first-order valence-electron chi connectivity index (χ1n) is 6.84. The number of piperidine rings is 1. The molecule has 0 atom stereocenters. The van der Waals surface area contributed by atoms with Crippen molar-refractivity contribution in [3.05, 3.63) is 0 Å². The summed E-state index contributed by atoms with van der Waals surface area (Å²) < 4.78 is 31.6. The molecule has 106 valence electrons. The Morgan fingerprint density at radius 1 is 1.17 bits per heavy atom. The molecule has 0 bridgehead atoms. The van der Waals surface area contributed by atoms with Gasteiger partial charge in [-0.3, -0.25) is 0 Å². The van der Waals surface area contributed by atoms with Crippen LogP contribution in [0.5, 0.6) is 0 Å². The lowest BCUT2D eigenvalue weighted by molar-refractivity contribution is 0.0972. The summed E-state index contributed by atoms with van der Waals surface area (Å²) in [6, 6.07) is 0. The Hall–Kier alpha value is -0.170. The number of nitrogens with zero attached hydrogens (tertiary/aromatic N) is 1. The van der Waals surface area contributed by atoms with Gasteiger partial charge in [0.2, 0.25) is 10.0 Å². The highest BCUT2D eigenvalue weighted by atomic mass is 32.2. The second kappa shape index (κ2) is 6.32. The molecular formula is C12H24N2O3S. The average Bonchev–Trinajstić information content (AvgIpc) is 2.41. The molecule has 18 heavy (non-hydrogen) atoms. The molecule has 2 fully saturated rings. The fraction of sp³-hybridized carbons (Fsp3) is 1.00. The zero-order valence-electron chi connectivity index (χ0n) is 11.1. The highest BCUT2D eigenvalue weighted by Crippen LogP contribution is 2.21. The van der Waals surface area contributed by atoms with E-state index < -0.39 is 10.0 Å². The number of hydrogen-bond acceptors (Lipinski definition) is 4. The summed E-state index contributed by atoms with van der Waals surface area (Å²) in [4.78, 5) is 0. The summed E-state index contributed by atoms with van der Waals surface area (Å²) in [5.74, 6) is 0.505. The summed E-state index contributed by atoms with van der Waals surface area (Å²) in [5, 5.41) is 3.07. The minimum absolute atomic E-state index is 0.238. The van der Waals surface area contributed by atoms with Crippen molar-refractivity contribution in [2.75, 3.05) is 39.9 Å². The van der Waals surface area contributed by atoms with Crippen molar-refractivity contribution < 1.29 is 13.2 Å². The maximum atomic E-state index is 12.4. The van der Waals surface area contributed by atoms with E-state index in [1.807, 2.05) is 0 Å². The minimum Gasteiger partial charge on any atom is -0.381 e. The van der Waals surface area contributed by atoms with Gasteiger partial charge in [-0.15, -0.1) is 0 Å². The van der Waals surface area contributed by atoms with E-state index in [2.05, 4.69) is 5.32 Å². The fourth-order valence-electron chi connectivity index (χ4n) is 2.76. The third-order valence-electron chi connectivity index (χ3n) is 4.00. The van der Waals surface area contributed by atoms with Gasteiger partial charge < -0.3 is 10.1 Å². The van der Waals surface area contributed by atoms with Crippen molar-refractivity contribution in [3.63, 3.8) is 0 Å². The molecule has 0 aliphatic carbocycles. The molecule has 0 radical (unpaired) electrons. The van der Waals surface area contributed by atoms with Crippen LogP contribution in [-0.4, -0.2) is 57.9 Å². The maximum absolute atomic E-state index is 12.4. The molecular weight excluding hydrogens is 252 g/mol. The Kier molecular flexibility index (Phi) is 5.00. The van der Waals surface area contributed by atoms with Crippen LogP contribution < -0.4 is 5.32 Å². The fourth-order valence-corrected chi connectivity index (χ4v) is 4.48. The SMILES string of the molecule is CN(CC1CCNCC1)S(=O)(=O)C1CCOCC1. The van der Waals surface area contributed by atoms with Crippen LogP contribution in [0.1, 0.15) is 25.7 Å². The van der Waals surface area contributed by atoms with Crippen molar-refractivity contribution >= 4 is 10.0 Å². The van der Waals surface area contributed by atoms with E-state index in [4.69, 9.17) is 4.74 Å². The molecule has 0 saturated carbocycles. The minimum atomic E-state index is -3.13. The zero-order chi connectivity index (χ0) is 13.0. The predicted molar refractivity (Wildman–Crippen MR) is 71.0 cm³/mol. The van der Waals surface area contributed by atoms with Gasteiger partial charge in [-0.05, 0) is 44.7 Å². The summed E-state index contributed by atoms with van der Waals surface area (Å²) in [6.07, 6.45) is 3.43. The number of ether oxygens (including phenoxy) is 1. The summed E-state index contributed by atoms with van der Waals surface area (Å²) in [7, 11) is -1.40. The lowest BCUT2D eigenvalue weighted by atomic mass is 9.98. The number of hydrogen-bond donors (Lipinski definition) is 1. The number of rotatable bonds is 4. The number of sulfonamides is 1. The summed E-state index contributed by atoms with van der Waals surface area (Å²) in [6.45, 7) is 3.84. The van der Waals surface area contributed by atoms with E-state index in [0.717, 1.165) is 25.9 Å². The van der Waals surface area contributed by atoms with E-state index in [0.29, 0.717) is 38.5 Å². The van der Waals surface area contributed by atoms with E-state index in [1.54, 1.807) is 11.4 Å². The predicted octanol–water partition coefficient (Wildman–Crippen LogP) is 0.427. The molecule has 1 N–H and O–H groups in total. The van der Waals surface area contributed by atoms with E-state index in [9.17, 15) is 8.42 Å². The monoisotopic (exact) mass is 276 g/mol. The van der Waals surface area contributed by atoms with Gasteiger partial charge in [-0.1, -0.05) is 0 Å². The zero-order valence-corrected chi connectivity index (χ0v) is 11.9. The second-order valence-electron chi connectivity index (χ2n) is 5.33. The first-order valence-corrected chi connectivity index (χ1v) is 8.34. The number of nitrogens with one attached hydrogen (secondary N) is 1. The quantitative estimate of drug-likeness (QED) is 0.809. The highest BCUT2D eigenvalue weighted by Gasteiger charge is 2.32. The third kappa shape index (κ3) is 3.44. The van der Waals surface area contributed by atoms with Gasteiger partial charge in [0.1, 0.15) is 0 Å². The first-order chi connectivity index (χ1) is 8.60. The van der Waals surface area contributed by atoms with Crippen molar-refractivity contribution in [2.45, 2.75) is 30.9 Å². The van der Waals surface area contributed by atoms with Crippen LogP contribution in [0.4, 0.5) is 0 Å². The normalized spacial score (nSPS) is 24.6. The molecule has 0 aromatic carbocycles. The van der Waals surface area contributed by atoms with Gasteiger partial charge in [0.25, 0.3) is 0 Å². The standard InChI is InChI=1S/C12H24N2O3S/c1-14(10-11-2-6-13-7-3-11)18(15,16)12-4-8-17-9-5-12/h11-13H,2-10H2,1H3. The molecule has 6 heteroatoms. The van der Waals surface area contributed by atoms with Gasteiger partial charge >= 0.3 is 0 Å². The van der Waals surface area contributed by atoms with Crippen LogP contribution in [0.25, 0.3) is 0 Å². The Balaban J connectivity index is 1.91. The van der Waals surface area contributed by atoms with E-state index >= 15 is 0 Å². The van der Waals surface area contributed by atoms with Crippen LogP contribution in [0, 0.1) is 5.92 Å². The topological polar surface area (TPSA) is 58.6 Å². The van der Waals surface area contributed by atoms with Crippen LogP contribution >= 0.6 is 0 Å². The van der Waals surface area contributed by atoms with Gasteiger partial charge in [-0.25, -0.2) is 12.7 Å². The smallest absolute Gasteiger partial charge is 0.216 e. The van der Waals surface area contributed by atoms with Crippen molar-refractivity contribution in [3.8, 4) is 0 Å². The summed E-state index contributed by atoms with van der Waals surface area (Å²) >= 11 is 0. The maximum Gasteiger partial charge on any atom is 0.216 e. The first kappa shape index (κ1) is 14.2. The third-order valence-corrected chi connectivity index (χ3v) is 6.33. The molecule has 2 saturated heterocycles. The Morgan fingerprint density at radius 3 is 2.39 bits per heavy atom. The Morgan fingerprint density at radius 2 is 1.78 bits per heavy atom. The molecule has 2 heterocycles. The van der Waals surface area contributed by atoms with Gasteiger partial charge in [0, 0.05) is 26.8 Å². The summed E-state index contributed by atoms with van der Waals surface area (Å²) in [5.41, 5.74) is 0. The van der Waals surface area contributed by atoms with E-state index in [-0.39, 0.29) is 5.25 Å². The average molecular weight is 276 g/mol. The van der Waals surface area contributed by atoms with Crippen LogP contribution in [0.15, 0.2) is 0 Å². The van der Waals surface area contributed by atoms with E-state index in [1.165, 1.54) is 0 Å². The van der Waals surface area contributed by atoms with Crippen molar-refractivity contribution in [1.29, 1.82) is 0 Å².